The zero-order valence-electron chi connectivity index (χ0n) is 15.2. The number of hydrogen-bond donors (Lipinski definition) is 5. The van der Waals surface area contributed by atoms with E-state index in [9.17, 15) is 20.1 Å². The van der Waals surface area contributed by atoms with Gasteiger partial charge in [-0.2, -0.15) is 0 Å². The highest BCUT2D eigenvalue weighted by atomic mass is 16.6. The van der Waals surface area contributed by atoms with Gasteiger partial charge >= 0.3 is 5.65 Å². The average molecular weight is 388 g/mol. The van der Waals surface area contributed by atoms with Gasteiger partial charge in [-0.1, -0.05) is 34.8 Å². The highest BCUT2D eigenvalue weighted by molar-refractivity contribution is 5.67. The number of aliphatic hydroxyl groups is 3. The number of fused-ring (bicyclic) bond motifs is 1. The maximum Gasteiger partial charge on any atom is 0.313 e. The van der Waals surface area contributed by atoms with Crippen LogP contribution >= 0.6 is 0 Å². The molecule has 4 rings (SSSR count). The van der Waals surface area contributed by atoms with Gasteiger partial charge in [0, 0.05) is 0 Å². The van der Waals surface area contributed by atoms with Gasteiger partial charge in [0.2, 0.25) is 11.7 Å². The van der Waals surface area contributed by atoms with Gasteiger partial charge in [-0.05, 0) is 12.5 Å². The van der Waals surface area contributed by atoms with Crippen LogP contribution in [-0.4, -0.2) is 54.8 Å². The zero-order chi connectivity index (χ0) is 20.0. The van der Waals surface area contributed by atoms with Crippen molar-refractivity contribution in [2.24, 2.45) is 0 Å². The Morgan fingerprint density at radius 3 is 2.64 bits per heavy atom. The summed E-state index contributed by atoms with van der Waals surface area (Å²) in [6, 6.07) is 7.86. The van der Waals surface area contributed by atoms with Crippen molar-refractivity contribution in [3.8, 4) is 0 Å². The first-order valence-electron chi connectivity index (χ1n) is 8.87. The van der Waals surface area contributed by atoms with Crippen molar-refractivity contribution in [3.63, 3.8) is 0 Å². The van der Waals surface area contributed by atoms with Crippen molar-refractivity contribution in [3.05, 3.63) is 52.1 Å². The molecule has 3 heterocycles. The number of rotatable bonds is 4. The molecule has 1 fully saturated rings. The smallest absolute Gasteiger partial charge is 0.313 e. The molecule has 0 aliphatic carbocycles. The summed E-state index contributed by atoms with van der Waals surface area (Å²) in [7, 11) is 0. The maximum absolute atomic E-state index is 12.6. The number of nitrogens with two attached hydrogens (primary N) is 1. The van der Waals surface area contributed by atoms with Crippen LogP contribution in [0.5, 0.6) is 0 Å². The van der Waals surface area contributed by atoms with E-state index in [1.165, 1.54) is 4.57 Å². The first kappa shape index (κ1) is 18.6. The molecule has 0 spiro atoms. The normalized spacial score (nSPS) is 24.9. The Labute approximate surface area is 159 Å². The van der Waals surface area contributed by atoms with Gasteiger partial charge in [-0.25, -0.2) is 4.57 Å². The number of ether oxygens (including phenoxy) is 1. The van der Waals surface area contributed by atoms with E-state index in [-0.39, 0.29) is 17.1 Å². The van der Waals surface area contributed by atoms with E-state index in [0.29, 0.717) is 6.54 Å². The van der Waals surface area contributed by atoms with Gasteiger partial charge in [-0.3, -0.25) is 14.3 Å². The number of nitrogens with one attached hydrogen (secondary N) is 1. The number of nitrogens with zero attached hydrogens (tertiary/aromatic N) is 3. The lowest BCUT2D eigenvalue weighted by atomic mass is 10.1. The molecule has 0 unspecified atom stereocenters. The van der Waals surface area contributed by atoms with Crippen LogP contribution in [0.2, 0.25) is 0 Å². The average Bonchev–Trinajstić information content (AvgIpc) is 3.15. The number of imidazole rings is 1. The molecule has 0 amide bonds. The Kier molecular flexibility index (Phi) is 4.63. The van der Waals surface area contributed by atoms with Crippen LogP contribution in [0, 0.1) is 6.92 Å². The van der Waals surface area contributed by atoms with Crippen LogP contribution in [0.1, 0.15) is 17.4 Å². The fraction of sp³-hybridized carbons (Fsp3) is 0.389. The first-order valence-corrected chi connectivity index (χ1v) is 8.87. The molecule has 4 atom stereocenters. The second kappa shape index (κ2) is 6.99. The molecule has 0 radical (unpaired) electrons. The van der Waals surface area contributed by atoms with Crippen molar-refractivity contribution < 1.29 is 24.6 Å². The summed E-state index contributed by atoms with van der Waals surface area (Å²) in [5.74, 6) is -0.0777. The van der Waals surface area contributed by atoms with Gasteiger partial charge < -0.3 is 25.8 Å². The topological polar surface area (TPSA) is 150 Å². The standard InChI is InChI=1S/C18H21N5O5/c1-9-2-4-10(5-3-9)6-22-8-23(15-12(22)16(27)21-18(19)20-15)17-14(26)13(25)11(7-24)28-17/h2-5,8,11,13-14,17,24-26H,6-7H2,1H3,(H2-,19,20,21,27)/p+1/t11-,13-,14-,17-/m1/s1. The third-order valence-corrected chi connectivity index (χ3v) is 4.96. The Bertz CT molecular complexity index is 1060. The number of nitrogen functional groups attached to an aromatic ring is 1. The zero-order valence-corrected chi connectivity index (χ0v) is 15.2. The van der Waals surface area contributed by atoms with Gasteiger partial charge in [0.05, 0.1) is 13.2 Å². The fourth-order valence-corrected chi connectivity index (χ4v) is 3.48. The number of aliphatic hydroxyl groups excluding tert-OH is 3. The van der Waals surface area contributed by atoms with Crippen LogP contribution in [0.4, 0.5) is 5.95 Å². The van der Waals surface area contributed by atoms with Crippen molar-refractivity contribution in [2.45, 2.75) is 38.0 Å². The van der Waals surface area contributed by atoms with E-state index in [1.54, 1.807) is 10.9 Å². The van der Waals surface area contributed by atoms with Crippen LogP contribution in [0.3, 0.4) is 0 Å². The van der Waals surface area contributed by atoms with E-state index in [0.717, 1.165) is 11.1 Å². The lowest BCUT2D eigenvalue weighted by Gasteiger charge is -2.12. The minimum Gasteiger partial charge on any atom is -0.394 e. The van der Waals surface area contributed by atoms with E-state index in [4.69, 9.17) is 10.5 Å². The Hall–Kier alpha value is -2.79. The lowest BCUT2D eigenvalue weighted by molar-refractivity contribution is -0.746. The molecule has 1 aliphatic rings. The van der Waals surface area contributed by atoms with Crippen molar-refractivity contribution >= 4 is 17.1 Å². The molecule has 0 saturated carbocycles. The number of aryl methyl sites for hydroxylation is 1. The van der Waals surface area contributed by atoms with Crippen molar-refractivity contribution in [1.82, 2.24) is 14.5 Å². The second-order valence-electron chi connectivity index (χ2n) is 6.99. The Morgan fingerprint density at radius 1 is 1.29 bits per heavy atom. The number of anilines is 1. The highest BCUT2D eigenvalue weighted by Gasteiger charge is 2.46. The molecule has 1 saturated heterocycles. The molecular formula is C18H22N5O5+. The molecule has 1 aliphatic heterocycles. The number of aromatic amines is 1. The highest BCUT2D eigenvalue weighted by Crippen LogP contribution is 2.26. The third kappa shape index (κ3) is 3.06. The fourth-order valence-electron chi connectivity index (χ4n) is 3.48. The van der Waals surface area contributed by atoms with Crippen molar-refractivity contribution in [1.29, 1.82) is 0 Å². The molecule has 10 heteroatoms. The van der Waals surface area contributed by atoms with Gasteiger partial charge in [0.25, 0.3) is 11.5 Å². The van der Waals surface area contributed by atoms with E-state index < -0.39 is 36.7 Å². The van der Waals surface area contributed by atoms with Crippen LogP contribution in [0.25, 0.3) is 11.2 Å². The number of aromatic nitrogens is 4. The lowest BCUT2D eigenvalue weighted by Crippen LogP contribution is -2.46. The second-order valence-corrected chi connectivity index (χ2v) is 6.99. The van der Waals surface area contributed by atoms with Crippen molar-refractivity contribution in [2.75, 3.05) is 12.3 Å². The summed E-state index contributed by atoms with van der Waals surface area (Å²) in [6.45, 7) is 1.92. The predicted octanol–water partition coefficient (Wildman–Crippen LogP) is -1.44. The monoisotopic (exact) mass is 388 g/mol. The van der Waals surface area contributed by atoms with Crippen LogP contribution < -0.4 is 15.9 Å². The van der Waals surface area contributed by atoms with E-state index in [1.807, 2.05) is 31.2 Å². The third-order valence-electron chi connectivity index (χ3n) is 4.96. The first-order chi connectivity index (χ1) is 13.4. The molecule has 10 nitrogen and oxygen atoms in total. The van der Waals surface area contributed by atoms with Gasteiger partial charge in [-0.15, -0.1) is 0 Å². The van der Waals surface area contributed by atoms with E-state index in [2.05, 4.69) is 9.97 Å². The number of benzene rings is 1. The molecular weight excluding hydrogens is 366 g/mol. The number of hydrogen-bond acceptors (Lipinski definition) is 7. The summed E-state index contributed by atoms with van der Waals surface area (Å²) in [5, 5.41) is 29.8. The summed E-state index contributed by atoms with van der Waals surface area (Å²) >= 11 is 0. The largest absolute Gasteiger partial charge is 0.394 e. The molecule has 28 heavy (non-hydrogen) atoms. The quantitative estimate of drug-likeness (QED) is 0.344. The molecule has 0 bridgehead atoms. The van der Waals surface area contributed by atoms with Gasteiger partial charge in [0.1, 0.15) is 18.3 Å². The minimum absolute atomic E-state index is 0.0777. The molecule has 2 aromatic heterocycles. The molecule has 148 valence electrons. The van der Waals surface area contributed by atoms with Crippen LogP contribution in [0.15, 0.2) is 35.4 Å². The summed E-state index contributed by atoms with van der Waals surface area (Å²) in [5.41, 5.74) is 7.83. The van der Waals surface area contributed by atoms with Crippen LogP contribution in [-0.2, 0) is 11.3 Å². The predicted molar refractivity (Wildman–Crippen MR) is 98.3 cm³/mol. The Morgan fingerprint density at radius 2 is 2.00 bits per heavy atom. The minimum atomic E-state index is -1.30. The Balaban J connectivity index is 1.83. The summed E-state index contributed by atoms with van der Waals surface area (Å²) in [6.07, 6.45) is -2.95. The maximum atomic E-state index is 12.6. The van der Waals surface area contributed by atoms with Gasteiger partial charge in [0.15, 0.2) is 6.33 Å². The number of H-pyrrole nitrogens is 1. The molecule has 3 aromatic rings. The molecule has 6 N–H and O–H groups in total. The van der Waals surface area contributed by atoms with E-state index >= 15 is 0 Å². The summed E-state index contributed by atoms with van der Waals surface area (Å²) in [4.78, 5) is 19.2. The SMILES string of the molecule is Cc1ccc(Cn2c[n+]([C@@H]3O[C@H](CO)[C@@H](O)[C@H]3O)c3nc(N)[nH]c(=O)c32)cc1. The summed E-state index contributed by atoms with van der Waals surface area (Å²) < 4.78 is 8.73. The molecule has 1 aromatic carbocycles.